The van der Waals surface area contributed by atoms with Gasteiger partial charge in [-0.25, -0.2) is 4.98 Å². The van der Waals surface area contributed by atoms with Crippen molar-refractivity contribution in [2.45, 2.75) is 13.3 Å². The highest BCUT2D eigenvalue weighted by Crippen LogP contribution is 2.11. The summed E-state index contributed by atoms with van der Waals surface area (Å²) < 4.78 is 1.38. The van der Waals surface area contributed by atoms with Gasteiger partial charge in [0.1, 0.15) is 12.7 Å². The Morgan fingerprint density at radius 2 is 2.24 bits per heavy atom. The third-order valence-corrected chi connectivity index (χ3v) is 2.64. The molecule has 0 unspecified atom stereocenters. The molecule has 2 aromatic rings. The summed E-state index contributed by atoms with van der Waals surface area (Å²) >= 11 is 0. The fourth-order valence-corrected chi connectivity index (χ4v) is 1.70. The second kappa shape index (κ2) is 6.59. The molecule has 0 atom stereocenters. The average Bonchev–Trinajstić information content (AvgIpc) is 3.00. The summed E-state index contributed by atoms with van der Waals surface area (Å²) in [6, 6.07) is 0. The van der Waals surface area contributed by atoms with E-state index in [-0.39, 0.29) is 24.3 Å². The number of nitrogens with two attached hydrogens (primary N) is 1. The lowest BCUT2D eigenvalue weighted by atomic mass is 10.4. The summed E-state index contributed by atoms with van der Waals surface area (Å²) in [6.07, 6.45) is 3.66. The smallest absolute Gasteiger partial charge is 0.258 e. The molecule has 21 heavy (non-hydrogen) atoms. The van der Waals surface area contributed by atoms with Crippen molar-refractivity contribution in [2.24, 2.45) is 0 Å². The van der Waals surface area contributed by atoms with E-state index in [0.717, 1.165) is 6.42 Å². The van der Waals surface area contributed by atoms with Crippen LogP contribution in [0.3, 0.4) is 0 Å². The Morgan fingerprint density at radius 3 is 2.86 bits per heavy atom. The normalized spacial score (nSPS) is 10.4. The summed E-state index contributed by atoms with van der Waals surface area (Å²) in [6.45, 7) is 2.76. The summed E-state index contributed by atoms with van der Waals surface area (Å²) in [5.41, 5.74) is 5.71. The van der Waals surface area contributed by atoms with E-state index in [1.807, 2.05) is 6.92 Å². The van der Waals surface area contributed by atoms with Gasteiger partial charge in [-0.1, -0.05) is 6.92 Å². The van der Waals surface area contributed by atoms with Crippen LogP contribution in [-0.2, 0) is 4.79 Å². The fourth-order valence-electron chi connectivity index (χ4n) is 1.70. The molecule has 1 amide bonds. The number of nitrogen functional groups attached to an aromatic ring is 1. The van der Waals surface area contributed by atoms with Gasteiger partial charge in [-0.15, -0.1) is 0 Å². The fraction of sp³-hybridized carbons (Fsp3) is 0.455. The number of anilines is 2. The van der Waals surface area contributed by atoms with Gasteiger partial charge in [-0.05, 0) is 6.42 Å². The lowest BCUT2D eigenvalue weighted by molar-refractivity contribution is -0.119. The van der Waals surface area contributed by atoms with E-state index in [4.69, 9.17) is 5.73 Å². The molecule has 0 fully saturated rings. The van der Waals surface area contributed by atoms with Gasteiger partial charge in [-0.3, -0.25) is 4.79 Å². The molecular formula is C11H17N9O. The van der Waals surface area contributed by atoms with Gasteiger partial charge in [0.2, 0.25) is 17.8 Å². The molecule has 0 spiro atoms. The molecule has 2 aromatic heterocycles. The van der Waals surface area contributed by atoms with Crippen LogP contribution in [0.25, 0.3) is 5.95 Å². The zero-order valence-corrected chi connectivity index (χ0v) is 11.9. The third-order valence-electron chi connectivity index (χ3n) is 2.64. The molecule has 0 bridgehead atoms. The van der Waals surface area contributed by atoms with Crippen molar-refractivity contribution in [1.82, 2.24) is 35.0 Å². The summed E-state index contributed by atoms with van der Waals surface area (Å²) in [5.74, 6) is 0.514. The second-order valence-electron chi connectivity index (χ2n) is 4.23. The minimum absolute atomic E-state index is 0.0588. The molecule has 0 aliphatic carbocycles. The predicted octanol–water partition coefficient (Wildman–Crippen LogP) is -1.00. The van der Waals surface area contributed by atoms with Crippen molar-refractivity contribution in [3.05, 3.63) is 12.7 Å². The Labute approximate surface area is 121 Å². The van der Waals surface area contributed by atoms with E-state index in [0.29, 0.717) is 12.5 Å². The van der Waals surface area contributed by atoms with Gasteiger partial charge in [0.05, 0.1) is 6.54 Å². The summed E-state index contributed by atoms with van der Waals surface area (Å²) in [4.78, 5) is 29.5. The van der Waals surface area contributed by atoms with Crippen molar-refractivity contribution < 1.29 is 4.79 Å². The number of amides is 1. The topological polar surface area (TPSA) is 128 Å². The first kappa shape index (κ1) is 14.6. The molecule has 2 rings (SSSR count). The number of carbonyl (C=O) groups is 1. The van der Waals surface area contributed by atoms with Crippen LogP contribution in [-0.4, -0.2) is 55.8 Å². The molecule has 112 valence electrons. The first-order valence-electron chi connectivity index (χ1n) is 6.46. The van der Waals surface area contributed by atoms with Crippen LogP contribution in [0.2, 0.25) is 0 Å². The first-order chi connectivity index (χ1) is 10.1. The van der Waals surface area contributed by atoms with Crippen LogP contribution < -0.4 is 16.0 Å². The van der Waals surface area contributed by atoms with Gasteiger partial charge in [-0.2, -0.15) is 24.7 Å². The van der Waals surface area contributed by atoms with Crippen LogP contribution in [0, 0.1) is 0 Å². The van der Waals surface area contributed by atoms with Crippen molar-refractivity contribution in [2.75, 3.05) is 30.8 Å². The minimum atomic E-state index is -0.135. The molecule has 0 saturated carbocycles. The quantitative estimate of drug-likeness (QED) is 0.693. The summed E-state index contributed by atoms with van der Waals surface area (Å²) in [7, 11) is 1.58. The van der Waals surface area contributed by atoms with Crippen LogP contribution in [0.5, 0.6) is 0 Å². The van der Waals surface area contributed by atoms with Gasteiger partial charge in [0.25, 0.3) is 5.95 Å². The third kappa shape index (κ3) is 3.61. The minimum Gasteiger partial charge on any atom is -0.368 e. The number of carbonyl (C=O) groups excluding carboxylic acids is 1. The van der Waals surface area contributed by atoms with Gasteiger partial charge >= 0.3 is 0 Å². The van der Waals surface area contributed by atoms with E-state index in [2.05, 4.69) is 30.4 Å². The molecule has 0 radical (unpaired) electrons. The molecule has 10 nitrogen and oxygen atoms in total. The molecule has 2 heterocycles. The molecule has 0 aliphatic heterocycles. The Bertz CT molecular complexity index is 598. The van der Waals surface area contributed by atoms with Crippen LogP contribution in [0.1, 0.15) is 13.3 Å². The molecule has 10 heteroatoms. The van der Waals surface area contributed by atoms with Crippen molar-refractivity contribution in [3.63, 3.8) is 0 Å². The van der Waals surface area contributed by atoms with Crippen LogP contribution in [0.4, 0.5) is 11.9 Å². The first-order valence-corrected chi connectivity index (χ1v) is 6.46. The van der Waals surface area contributed by atoms with Crippen molar-refractivity contribution in [1.29, 1.82) is 0 Å². The number of rotatable bonds is 6. The Kier molecular flexibility index (Phi) is 4.59. The number of hydrogen-bond acceptors (Lipinski definition) is 8. The van der Waals surface area contributed by atoms with Crippen LogP contribution in [0.15, 0.2) is 12.7 Å². The largest absolute Gasteiger partial charge is 0.368 e. The monoisotopic (exact) mass is 291 g/mol. The average molecular weight is 291 g/mol. The predicted molar refractivity (Wildman–Crippen MR) is 75.7 cm³/mol. The molecule has 0 aromatic carbocycles. The zero-order chi connectivity index (χ0) is 15.2. The van der Waals surface area contributed by atoms with Gasteiger partial charge < -0.3 is 16.0 Å². The lowest BCUT2D eigenvalue weighted by Gasteiger charge is -2.21. The van der Waals surface area contributed by atoms with E-state index in [1.165, 1.54) is 17.3 Å². The Morgan fingerprint density at radius 1 is 1.43 bits per heavy atom. The Hall–Kier alpha value is -2.78. The lowest BCUT2D eigenvalue weighted by Crippen LogP contribution is -2.37. The molecular weight excluding hydrogens is 274 g/mol. The summed E-state index contributed by atoms with van der Waals surface area (Å²) in [5, 5.41) is 6.52. The van der Waals surface area contributed by atoms with Crippen LogP contribution >= 0.6 is 0 Å². The van der Waals surface area contributed by atoms with E-state index < -0.39 is 0 Å². The highest BCUT2D eigenvalue weighted by Gasteiger charge is 2.15. The SMILES string of the molecule is CCCN(CC(=O)NC)c1nc(N)nc(-n2cncn2)n1. The number of nitrogens with one attached hydrogen (secondary N) is 1. The van der Waals surface area contributed by atoms with E-state index in [1.54, 1.807) is 11.9 Å². The maximum Gasteiger partial charge on any atom is 0.258 e. The van der Waals surface area contributed by atoms with Crippen molar-refractivity contribution in [3.8, 4) is 5.95 Å². The molecule has 0 aliphatic rings. The van der Waals surface area contributed by atoms with E-state index >= 15 is 0 Å². The number of likely N-dealkylation sites (N-methyl/N-ethyl adjacent to an activating group) is 1. The number of nitrogens with zero attached hydrogens (tertiary/aromatic N) is 7. The molecule has 3 N–H and O–H groups in total. The second-order valence-corrected chi connectivity index (χ2v) is 4.23. The van der Waals surface area contributed by atoms with Gasteiger partial charge in [0, 0.05) is 13.6 Å². The maximum absolute atomic E-state index is 11.6. The molecule has 0 saturated heterocycles. The Balaban J connectivity index is 2.33. The number of aromatic nitrogens is 6. The van der Waals surface area contributed by atoms with Gasteiger partial charge in [0.15, 0.2) is 0 Å². The zero-order valence-electron chi connectivity index (χ0n) is 11.9. The maximum atomic E-state index is 11.6. The van der Waals surface area contributed by atoms with Crippen molar-refractivity contribution >= 4 is 17.8 Å². The standard InChI is InChI=1S/C11H17N9O/c1-3-4-19(5-8(21)13-2)10-16-9(12)17-11(18-10)20-7-14-6-15-20/h6-7H,3-5H2,1-2H3,(H,13,21)(H2,12,16,17,18). The highest BCUT2D eigenvalue weighted by molar-refractivity contribution is 5.80. The van der Waals surface area contributed by atoms with E-state index in [9.17, 15) is 4.79 Å². The highest BCUT2D eigenvalue weighted by atomic mass is 16.1. The number of hydrogen-bond donors (Lipinski definition) is 2.